The fourth-order valence-electron chi connectivity index (χ4n) is 1.91. The van der Waals surface area contributed by atoms with E-state index in [-0.39, 0.29) is 10.6 Å². The normalized spacial score (nSPS) is 20.4. The van der Waals surface area contributed by atoms with Crippen LogP contribution in [0.25, 0.3) is 0 Å². The van der Waals surface area contributed by atoms with E-state index in [1.807, 2.05) is 6.07 Å². The molecule has 76 valence electrons. The summed E-state index contributed by atoms with van der Waals surface area (Å²) in [6, 6.07) is 3.39. The summed E-state index contributed by atoms with van der Waals surface area (Å²) in [5, 5.41) is 0. The number of alkyl halides is 1. The summed E-state index contributed by atoms with van der Waals surface area (Å²) in [5.74, 6) is 0.469. The molecule has 0 N–H and O–H groups in total. The van der Waals surface area contributed by atoms with E-state index in [1.54, 1.807) is 7.11 Å². The van der Waals surface area contributed by atoms with Crippen molar-refractivity contribution in [3.63, 3.8) is 0 Å². The Kier molecular flexibility index (Phi) is 2.77. The first-order chi connectivity index (χ1) is 6.72. The molecule has 0 radical (unpaired) electrons. The van der Waals surface area contributed by atoms with Gasteiger partial charge in [-0.3, -0.25) is 0 Å². The second-order valence-electron chi connectivity index (χ2n) is 3.54. The van der Waals surface area contributed by atoms with Crippen LogP contribution in [0.15, 0.2) is 12.1 Å². The zero-order valence-corrected chi connectivity index (χ0v) is 9.60. The zero-order chi connectivity index (χ0) is 10.1. The van der Waals surface area contributed by atoms with Crippen LogP contribution in [0.4, 0.5) is 4.39 Å². The Hall–Kier alpha value is -0.570. The number of halogens is 2. The lowest BCUT2D eigenvalue weighted by Crippen LogP contribution is -2.07. The van der Waals surface area contributed by atoms with Crippen molar-refractivity contribution < 1.29 is 9.13 Å². The van der Waals surface area contributed by atoms with E-state index in [0.29, 0.717) is 5.75 Å². The van der Waals surface area contributed by atoms with Crippen molar-refractivity contribution >= 4 is 15.9 Å². The largest absolute Gasteiger partial charge is 0.497 e. The molecule has 2 rings (SSSR count). The molecule has 0 heterocycles. The molecule has 1 aliphatic carbocycles. The van der Waals surface area contributed by atoms with Crippen molar-refractivity contribution in [2.45, 2.75) is 24.1 Å². The molecule has 1 aromatic carbocycles. The van der Waals surface area contributed by atoms with Gasteiger partial charge in [0.15, 0.2) is 0 Å². The van der Waals surface area contributed by atoms with E-state index < -0.39 is 0 Å². The smallest absolute Gasteiger partial charge is 0.130 e. The molecule has 1 unspecified atom stereocenters. The van der Waals surface area contributed by atoms with Crippen LogP contribution in [0.5, 0.6) is 5.75 Å². The van der Waals surface area contributed by atoms with Crippen LogP contribution in [0.1, 0.15) is 28.8 Å². The van der Waals surface area contributed by atoms with Crippen molar-refractivity contribution in [1.82, 2.24) is 0 Å². The van der Waals surface area contributed by atoms with Crippen LogP contribution >= 0.6 is 15.9 Å². The lowest BCUT2D eigenvalue weighted by Gasteiger charge is -2.22. The van der Waals surface area contributed by atoms with Crippen LogP contribution < -0.4 is 4.74 Å². The third kappa shape index (κ3) is 1.65. The second-order valence-corrected chi connectivity index (χ2v) is 4.64. The average Bonchev–Trinajstić information content (AvgIpc) is 2.19. The molecular weight excluding hydrogens is 247 g/mol. The Bertz CT molecular complexity index is 351. The molecule has 14 heavy (non-hydrogen) atoms. The van der Waals surface area contributed by atoms with Gasteiger partial charge in [0, 0.05) is 10.9 Å². The predicted octanol–water partition coefficient (Wildman–Crippen LogP) is 3.61. The summed E-state index contributed by atoms with van der Waals surface area (Å²) in [6.07, 6.45) is 2.96. The molecule has 0 amide bonds. The van der Waals surface area contributed by atoms with Gasteiger partial charge in [-0.2, -0.15) is 0 Å². The SMILES string of the molecule is COc1cc(F)c2c(c1)C(Br)CCC2. The minimum Gasteiger partial charge on any atom is -0.497 e. The number of fused-ring (bicyclic) bond motifs is 1. The van der Waals surface area contributed by atoms with Crippen LogP contribution in [0.3, 0.4) is 0 Å². The highest BCUT2D eigenvalue weighted by Gasteiger charge is 2.21. The van der Waals surface area contributed by atoms with Crippen molar-refractivity contribution in [1.29, 1.82) is 0 Å². The van der Waals surface area contributed by atoms with Crippen molar-refractivity contribution in [2.24, 2.45) is 0 Å². The maximum absolute atomic E-state index is 13.6. The molecule has 0 bridgehead atoms. The Morgan fingerprint density at radius 1 is 1.50 bits per heavy atom. The summed E-state index contributed by atoms with van der Waals surface area (Å²) < 4.78 is 18.6. The first-order valence-corrected chi connectivity index (χ1v) is 5.64. The number of methoxy groups -OCH3 is 1. The highest BCUT2D eigenvalue weighted by atomic mass is 79.9. The van der Waals surface area contributed by atoms with E-state index in [0.717, 1.165) is 30.4 Å². The van der Waals surface area contributed by atoms with Crippen molar-refractivity contribution in [3.05, 3.63) is 29.1 Å². The summed E-state index contributed by atoms with van der Waals surface area (Å²) in [4.78, 5) is 0.274. The van der Waals surface area contributed by atoms with Gasteiger partial charge in [-0.25, -0.2) is 4.39 Å². The molecule has 1 aliphatic rings. The van der Waals surface area contributed by atoms with Gasteiger partial charge in [-0.1, -0.05) is 15.9 Å². The minimum atomic E-state index is -0.136. The zero-order valence-electron chi connectivity index (χ0n) is 8.02. The van der Waals surface area contributed by atoms with E-state index in [4.69, 9.17) is 4.74 Å². The van der Waals surface area contributed by atoms with E-state index >= 15 is 0 Å². The molecular formula is C11H12BrFO. The quantitative estimate of drug-likeness (QED) is 0.700. The van der Waals surface area contributed by atoms with Crippen molar-refractivity contribution in [2.75, 3.05) is 7.11 Å². The number of ether oxygens (including phenoxy) is 1. The monoisotopic (exact) mass is 258 g/mol. The summed E-state index contributed by atoms with van der Waals surface area (Å²) in [7, 11) is 1.56. The molecule has 0 saturated heterocycles. The number of rotatable bonds is 1. The third-order valence-corrected chi connectivity index (χ3v) is 3.61. The fourth-order valence-corrected chi connectivity index (χ4v) is 2.64. The molecule has 0 fully saturated rings. The molecule has 3 heteroatoms. The molecule has 0 aromatic heterocycles. The highest BCUT2D eigenvalue weighted by Crippen LogP contribution is 2.39. The topological polar surface area (TPSA) is 9.23 Å². The number of hydrogen-bond donors (Lipinski definition) is 0. The van der Waals surface area contributed by atoms with E-state index in [9.17, 15) is 4.39 Å². The molecule has 0 saturated carbocycles. The van der Waals surface area contributed by atoms with Gasteiger partial charge in [-0.05, 0) is 36.5 Å². The predicted molar refractivity (Wildman–Crippen MR) is 57.6 cm³/mol. The first kappa shape index (κ1) is 9.97. The Morgan fingerprint density at radius 3 is 3.00 bits per heavy atom. The van der Waals surface area contributed by atoms with E-state index in [1.165, 1.54) is 6.07 Å². The van der Waals surface area contributed by atoms with Gasteiger partial charge < -0.3 is 4.74 Å². The Labute approximate surface area is 91.4 Å². The summed E-state index contributed by atoms with van der Waals surface area (Å²) in [6.45, 7) is 0. The van der Waals surface area contributed by atoms with Gasteiger partial charge in [0.25, 0.3) is 0 Å². The lowest BCUT2D eigenvalue weighted by atomic mass is 9.91. The maximum Gasteiger partial charge on any atom is 0.130 e. The Balaban J connectivity index is 2.51. The maximum atomic E-state index is 13.6. The molecule has 1 nitrogen and oxygen atoms in total. The molecule has 0 aliphatic heterocycles. The van der Waals surface area contributed by atoms with Gasteiger partial charge in [0.2, 0.25) is 0 Å². The highest BCUT2D eigenvalue weighted by molar-refractivity contribution is 9.09. The summed E-state index contributed by atoms with van der Waals surface area (Å²) >= 11 is 3.56. The lowest BCUT2D eigenvalue weighted by molar-refractivity contribution is 0.409. The standard InChI is InChI=1S/C11H12BrFO/c1-14-7-5-9-8(11(13)6-7)3-2-4-10(9)12/h5-6,10H,2-4H2,1H3. The minimum absolute atomic E-state index is 0.136. The van der Waals surface area contributed by atoms with Gasteiger partial charge in [0.05, 0.1) is 7.11 Å². The van der Waals surface area contributed by atoms with Gasteiger partial charge >= 0.3 is 0 Å². The molecule has 0 spiro atoms. The van der Waals surface area contributed by atoms with Crippen LogP contribution in [-0.4, -0.2) is 7.11 Å². The fraction of sp³-hybridized carbons (Fsp3) is 0.455. The van der Waals surface area contributed by atoms with Crippen LogP contribution in [0.2, 0.25) is 0 Å². The molecule has 1 atom stereocenters. The summed E-state index contributed by atoms with van der Waals surface area (Å²) in [5.41, 5.74) is 1.90. The number of benzene rings is 1. The van der Waals surface area contributed by atoms with Gasteiger partial charge in [-0.15, -0.1) is 0 Å². The van der Waals surface area contributed by atoms with E-state index in [2.05, 4.69) is 15.9 Å². The average molecular weight is 259 g/mol. The Morgan fingerprint density at radius 2 is 2.29 bits per heavy atom. The van der Waals surface area contributed by atoms with Crippen LogP contribution in [-0.2, 0) is 6.42 Å². The number of hydrogen-bond acceptors (Lipinski definition) is 1. The second kappa shape index (κ2) is 3.89. The first-order valence-electron chi connectivity index (χ1n) is 4.72. The van der Waals surface area contributed by atoms with Gasteiger partial charge in [0.1, 0.15) is 11.6 Å². The van der Waals surface area contributed by atoms with Crippen LogP contribution in [0, 0.1) is 5.82 Å². The third-order valence-electron chi connectivity index (χ3n) is 2.66. The van der Waals surface area contributed by atoms with Crippen molar-refractivity contribution in [3.8, 4) is 5.75 Å². The molecule has 1 aromatic rings.